The molecule has 0 fully saturated rings. The second kappa shape index (κ2) is 6.07. The second-order valence-electron chi connectivity index (χ2n) is 6.15. The molecule has 26 heavy (non-hydrogen) atoms. The van der Waals surface area contributed by atoms with Gasteiger partial charge in [0.1, 0.15) is 0 Å². The van der Waals surface area contributed by atoms with E-state index in [-0.39, 0.29) is 0 Å². The van der Waals surface area contributed by atoms with E-state index in [1.807, 2.05) is 36.5 Å². The molecule has 5 rings (SSSR count). The van der Waals surface area contributed by atoms with Crippen LogP contribution in [0.1, 0.15) is 0 Å². The molecule has 124 valence electrons. The second-order valence-corrected chi connectivity index (χ2v) is 7.00. The predicted octanol–water partition coefficient (Wildman–Crippen LogP) is 5.98. The Balaban J connectivity index is 1.80. The van der Waals surface area contributed by atoms with Crippen LogP contribution in [0.15, 0.2) is 89.5 Å². The quantitative estimate of drug-likeness (QED) is 0.365. The minimum absolute atomic E-state index is 0.845. The Kier molecular flexibility index (Phi) is 3.57. The van der Waals surface area contributed by atoms with Gasteiger partial charge in [-0.25, -0.2) is 0 Å². The fourth-order valence-electron chi connectivity index (χ4n) is 3.39. The molecule has 0 N–H and O–H groups in total. The van der Waals surface area contributed by atoms with Gasteiger partial charge in [-0.2, -0.15) is 0 Å². The zero-order valence-corrected chi connectivity index (χ0v) is 15.4. The maximum Gasteiger partial charge on any atom is 0.168 e. The summed E-state index contributed by atoms with van der Waals surface area (Å²) >= 11 is 3.67. The number of fused-ring (bicyclic) bond motifs is 3. The third kappa shape index (κ3) is 2.34. The molecular formula is C22H14BrN3. The third-order valence-corrected chi connectivity index (χ3v) is 5.32. The van der Waals surface area contributed by atoms with E-state index in [4.69, 9.17) is 0 Å². The van der Waals surface area contributed by atoms with Crippen molar-refractivity contribution in [1.82, 2.24) is 14.6 Å². The van der Waals surface area contributed by atoms with Crippen molar-refractivity contribution < 1.29 is 0 Å². The Morgan fingerprint density at radius 2 is 1.35 bits per heavy atom. The minimum atomic E-state index is 0.845. The van der Waals surface area contributed by atoms with Crippen molar-refractivity contribution in [2.45, 2.75) is 0 Å². The van der Waals surface area contributed by atoms with Gasteiger partial charge in [0.05, 0.1) is 0 Å². The third-order valence-electron chi connectivity index (χ3n) is 4.63. The van der Waals surface area contributed by atoms with Gasteiger partial charge in [0, 0.05) is 21.6 Å². The molecule has 0 atom stereocenters. The molecule has 4 heteroatoms. The van der Waals surface area contributed by atoms with E-state index in [0.29, 0.717) is 0 Å². The standard InChI is InChI=1S/C22H14BrN3/c23-20-12-6-5-10-18(20)17-9-3-4-11-19(17)22-25-24-21-16-8-2-1-7-15(16)13-14-26(21)22/h1-14H. The normalized spacial score (nSPS) is 11.3. The van der Waals surface area contributed by atoms with Crippen LogP contribution < -0.4 is 0 Å². The maximum absolute atomic E-state index is 4.53. The summed E-state index contributed by atoms with van der Waals surface area (Å²) in [5.74, 6) is 0.845. The van der Waals surface area contributed by atoms with Crippen LogP contribution in [0, 0.1) is 0 Å². The molecule has 0 unspecified atom stereocenters. The van der Waals surface area contributed by atoms with E-state index in [1.54, 1.807) is 0 Å². The van der Waals surface area contributed by atoms with Gasteiger partial charge in [-0.05, 0) is 28.6 Å². The highest BCUT2D eigenvalue weighted by atomic mass is 79.9. The first-order valence-electron chi connectivity index (χ1n) is 8.40. The molecule has 0 saturated carbocycles. The molecule has 5 aromatic rings. The predicted molar refractivity (Wildman–Crippen MR) is 109 cm³/mol. The highest BCUT2D eigenvalue weighted by Gasteiger charge is 2.15. The first-order chi connectivity index (χ1) is 12.8. The van der Waals surface area contributed by atoms with Crippen molar-refractivity contribution in [1.29, 1.82) is 0 Å². The van der Waals surface area contributed by atoms with Crippen molar-refractivity contribution in [2.75, 3.05) is 0 Å². The fraction of sp³-hybridized carbons (Fsp3) is 0. The summed E-state index contributed by atoms with van der Waals surface area (Å²) in [5, 5.41) is 11.3. The molecule has 0 amide bonds. The van der Waals surface area contributed by atoms with Crippen molar-refractivity contribution in [3.63, 3.8) is 0 Å². The van der Waals surface area contributed by atoms with Crippen LogP contribution in [-0.4, -0.2) is 14.6 Å². The van der Waals surface area contributed by atoms with Crippen molar-refractivity contribution in [2.24, 2.45) is 0 Å². The molecule has 0 spiro atoms. The Hall–Kier alpha value is -2.98. The fourth-order valence-corrected chi connectivity index (χ4v) is 3.89. The van der Waals surface area contributed by atoms with Crippen LogP contribution in [0.4, 0.5) is 0 Å². The van der Waals surface area contributed by atoms with Crippen LogP contribution >= 0.6 is 15.9 Å². The number of hydrogen-bond acceptors (Lipinski definition) is 2. The van der Waals surface area contributed by atoms with Gasteiger partial charge in [0.25, 0.3) is 0 Å². The van der Waals surface area contributed by atoms with Crippen molar-refractivity contribution in [3.8, 4) is 22.5 Å². The van der Waals surface area contributed by atoms with Crippen LogP contribution in [0.5, 0.6) is 0 Å². The molecule has 0 radical (unpaired) electrons. The maximum atomic E-state index is 4.53. The van der Waals surface area contributed by atoms with E-state index in [1.165, 1.54) is 0 Å². The highest BCUT2D eigenvalue weighted by Crippen LogP contribution is 2.35. The van der Waals surface area contributed by atoms with Gasteiger partial charge < -0.3 is 0 Å². The van der Waals surface area contributed by atoms with Crippen molar-refractivity contribution >= 4 is 32.3 Å². The lowest BCUT2D eigenvalue weighted by Crippen LogP contribution is -1.93. The molecule has 0 aliphatic carbocycles. The van der Waals surface area contributed by atoms with Gasteiger partial charge in [-0.1, -0.05) is 82.7 Å². The molecular weight excluding hydrogens is 386 g/mol. The number of aromatic nitrogens is 3. The monoisotopic (exact) mass is 399 g/mol. The molecule has 0 aliphatic rings. The zero-order valence-electron chi connectivity index (χ0n) is 13.8. The lowest BCUT2D eigenvalue weighted by molar-refractivity contribution is 1.11. The number of halogens is 1. The Labute approximate surface area is 159 Å². The van der Waals surface area contributed by atoms with Crippen LogP contribution in [0.25, 0.3) is 38.9 Å². The topological polar surface area (TPSA) is 30.2 Å². The Morgan fingerprint density at radius 3 is 2.19 bits per heavy atom. The van der Waals surface area contributed by atoms with Crippen LogP contribution in [-0.2, 0) is 0 Å². The number of rotatable bonds is 2. The van der Waals surface area contributed by atoms with Gasteiger partial charge in [-0.15, -0.1) is 10.2 Å². The highest BCUT2D eigenvalue weighted by molar-refractivity contribution is 9.10. The van der Waals surface area contributed by atoms with E-state index < -0.39 is 0 Å². The molecule has 0 saturated heterocycles. The van der Waals surface area contributed by atoms with Gasteiger partial charge in [0.2, 0.25) is 0 Å². The van der Waals surface area contributed by atoms with E-state index >= 15 is 0 Å². The Morgan fingerprint density at radius 1 is 0.654 bits per heavy atom. The van der Waals surface area contributed by atoms with Crippen molar-refractivity contribution in [3.05, 3.63) is 89.5 Å². The average molecular weight is 400 g/mol. The van der Waals surface area contributed by atoms with Gasteiger partial charge in [-0.3, -0.25) is 4.40 Å². The summed E-state index contributed by atoms with van der Waals surface area (Å²) in [6.07, 6.45) is 2.05. The number of pyridine rings is 1. The number of hydrogen-bond donors (Lipinski definition) is 0. The van der Waals surface area contributed by atoms with E-state index in [2.05, 4.69) is 79.1 Å². The van der Waals surface area contributed by atoms with Gasteiger partial charge in [0.15, 0.2) is 11.5 Å². The molecule has 3 aromatic carbocycles. The molecule has 0 aliphatic heterocycles. The Bertz CT molecular complexity index is 1260. The summed E-state index contributed by atoms with van der Waals surface area (Å²) in [5.41, 5.74) is 4.20. The SMILES string of the molecule is Brc1ccccc1-c1ccccc1-c1nnc2c3ccccc3ccn12. The number of nitrogens with zero attached hydrogens (tertiary/aromatic N) is 3. The molecule has 2 heterocycles. The van der Waals surface area contributed by atoms with E-state index in [0.717, 1.165) is 43.4 Å². The van der Waals surface area contributed by atoms with Crippen LogP contribution in [0.2, 0.25) is 0 Å². The summed E-state index contributed by atoms with van der Waals surface area (Å²) in [4.78, 5) is 0. The molecule has 2 aromatic heterocycles. The summed E-state index contributed by atoms with van der Waals surface area (Å²) in [6, 6.07) is 26.9. The van der Waals surface area contributed by atoms with Crippen LogP contribution in [0.3, 0.4) is 0 Å². The summed E-state index contributed by atoms with van der Waals surface area (Å²) < 4.78 is 3.13. The van der Waals surface area contributed by atoms with Gasteiger partial charge >= 0.3 is 0 Å². The lowest BCUT2D eigenvalue weighted by Gasteiger charge is -2.10. The first kappa shape index (κ1) is 15.3. The largest absolute Gasteiger partial charge is 0.282 e. The van der Waals surface area contributed by atoms with E-state index in [9.17, 15) is 0 Å². The molecule has 0 bridgehead atoms. The lowest BCUT2D eigenvalue weighted by atomic mass is 9.99. The summed E-state index contributed by atoms with van der Waals surface area (Å²) in [7, 11) is 0. The minimum Gasteiger partial charge on any atom is -0.282 e. The summed E-state index contributed by atoms with van der Waals surface area (Å²) in [6.45, 7) is 0. The smallest absolute Gasteiger partial charge is 0.168 e. The first-order valence-corrected chi connectivity index (χ1v) is 9.19. The molecule has 3 nitrogen and oxygen atoms in total. The average Bonchev–Trinajstić information content (AvgIpc) is 3.13. The number of benzene rings is 3. The zero-order chi connectivity index (χ0) is 17.5.